The number of hydrogen-bond donors (Lipinski definition) is 1. The molecular formula is C21H18ClIN5OP. The second kappa shape index (κ2) is 9.37. The highest BCUT2D eigenvalue weighted by Crippen LogP contribution is 2.33. The highest BCUT2D eigenvalue weighted by atomic mass is 127. The van der Waals surface area contributed by atoms with Gasteiger partial charge in [0, 0.05) is 35.7 Å². The van der Waals surface area contributed by atoms with Gasteiger partial charge in [-0.3, -0.25) is 9.78 Å². The van der Waals surface area contributed by atoms with Gasteiger partial charge >= 0.3 is 0 Å². The van der Waals surface area contributed by atoms with Crippen molar-refractivity contribution >= 4 is 62.5 Å². The van der Waals surface area contributed by atoms with Crippen molar-refractivity contribution < 1.29 is 4.79 Å². The Morgan fingerprint density at radius 3 is 2.90 bits per heavy atom. The minimum Gasteiger partial charge on any atom is -0.310 e. The molecule has 0 aliphatic rings. The second-order valence-electron chi connectivity index (χ2n) is 6.68. The van der Waals surface area contributed by atoms with Crippen LogP contribution in [-0.2, 0) is 17.6 Å². The SMILES string of the molecule is CCc1ccncc1-c1cc(Cl)c2cnc(NC(=O)Cc3ccnn3PI)cc2c1. The van der Waals surface area contributed by atoms with Crippen molar-refractivity contribution in [1.82, 2.24) is 19.5 Å². The molecular weight excluding hydrogens is 532 g/mol. The summed E-state index contributed by atoms with van der Waals surface area (Å²) in [6.45, 7) is 2.11. The molecule has 4 rings (SSSR count). The number of carbonyl (C=O) groups excluding carboxylic acids is 1. The first-order chi connectivity index (χ1) is 14.6. The van der Waals surface area contributed by atoms with Crippen LogP contribution in [0, 0.1) is 0 Å². The number of fused-ring (bicyclic) bond motifs is 1. The van der Waals surface area contributed by atoms with Crippen LogP contribution in [0.15, 0.2) is 55.1 Å². The van der Waals surface area contributed by atoms with Crippen molar-refractivity contribution in [2.24, 2.45) is 0 Å². The number of amides is 1. The molecule has 1 unspecified atom stereocenters. The maximum atomic E-state index is 12.5. The number of nitrogens with one attached hydrogen (secondary N) is 1. The summed E-state index contributed by atoms with van der Waals surface area (Å²) in [5.74, 6) is 0.353. The van der Waals surface area contributed by atoms with Crippen LogP contribution >= 0.6 is 40.0 Å². The predicted octanol–water partition coefficient (Wildman–Crippen LogP) is 5.68. The Kier molecular flexibility index (Phi) is 6.61. The zero-order valence-corrected chi connectivity index (χ0v) is 20.0. The fraction of sp³-hybridized carbons (Fsp3) is 0.143. The van der Waals surface area contributed by atoms with E-state index in [2.05, 4.69) is 55.4 Å². The Balaban J connectivity index is 1.64. The van der Waals surface area contributed by atoms with Crippen LogP contribution in [-0.4, -0.2) is 25.4 Å². The molecule has 6 nitrogen and oxygen atoms in total. The highest BCUT2D eigenvalue weighted by molar-refractivity contribution is 14.2. The monoisotopic (exact) mass is 549 g/mol. The molecule has 0 aliphatic carbocycles. The molecule has 0 aliphatic heterocycles. The van der Waals surface area contributed by atoms with Gasteiger partial charge in [0.1, 0.15) is 5.82 Å². The molecule has 1 N–H and O–H groups in total. The summed E-state index contributed by atoms with van der Waals surface area (Å²) < 4.78 is 1.82. The number of carbonyl (C=O) groups is 1. The maximum Gasteiger partial charge on any atom is 0.231 e. The molecule has 0 bridgehead atoms. The highest BCUT2D eigenvalue weighted by Gasteiger charge is 2.12. The smallest absolute Gasteiger partial charge is 0.231 e. The zero-order chi connectivity index (χ0) is 21.1. The first-order valence-electron chi connectivity index (χ1n) is 9.31. The molecule has 152 valence electrons. The van der Waals surface area contributed by atoms with Gasteiger partial charge in [-0.15, -0.1) is 0 Å². The van der Waals surface area contributed by atoms with Crippen molar-refractivity contribution in [3.8, 4) is 11.1 Å². The molecule has 0 saturated heterocycles. The zero-order valence-electron chi connectivity index (χ0n) is 16.1. The molecule has 0 fully saturated rings. The quantitative estimate of drug-likeness (QED) is 0.248. The Hall–Kier alpha value is -2.09. The molecule has 30 heavy (non-hydrogen) atoms. The average molecular weight is 550 g/mol. The summed E-state index contributed by atoms with van der Waals surface area (Å²) in [4.78, 5) is 21.1. The van der Waals surface area contributed by atoms with E-state index >= 15 is 0 Å². The van der Waals surface area contributed by atoms with E-state index in [0.29, 0.717) is 17.2 Å². The Labute approximate surface area is 193 Å². The Morgan fingerprint density at radius 1 is 1.23 bits per heavy atom. The van der Waals surface area contributed by atoms with Crippen LogP contribution in [0.5, 0.6) is 0 Å². The Bertz CT molecular complexity index is 1230. The number of rotatable bonds is 6. The van der Waals surface area contributed by atoms with Gasteiger partial charge in [-0.2, -0.15) is 5.10 Å². The van der Waals surface area contributed by atoms with Crippen LogP contribution in [0.3, 0.4) is 0 Å². The van der Waals surface area contributed by atoms with Gasteiger partial charge in [-0.25, -0.2) is 9.44 Å². The lowest BCUT2D eigenvalue weighted by molar-refractivity contribution is -0.115. The summed E-state index contributed by atoms with van der Waals surface area (Å²) >= 11 is 8.77. The number of pyridine rings is 2. The maximum absolute atomic E-state index is 12.5. The summed E-state index contributed by atoms with van der Waals surface area (Å²) in [5, 5.41) is 9.45. The van der Waals surface area contributed by atoms with E-state index in [-0.39, 0.29) is 12.3 Å². The van der Waals surface area contributed by atoms with Gasteiger partial charge in [0.15, 0.2) is 0 Å². The first-order valence-corrected chi connectivity index (χ1v) is 13.7. The third kappa shape index (κ3) is 4.48. The van der Waals surface area contributed by atoms with Crippen molar-refractivity contribution in [1.29, 1.82) is 0 Å². The van der Waals surface area contributed by atoms with Gasteiger partial charge in [-0.05, 0) is 75.3 Å². The number of nitrogens with zero attached hydrogens (tertiary/aromatic N) is 4. The van der Waals surface area contributed by atoms with Crippen molar-refractivity contribution in [2.45, 2.75) is 19.8 Å². The number of halogens is 2. The third-order valence-corrected chi connectivity index (χ3v) is 7.05. The second-order valence-corrected chi connectivity index (χ2v) is 9.13. The summed E-state index contributed by atoms with van der Waals surface area (Å²) in [6, 6.07) is 9.71. The van der Waals surface area contributed by atoms with E-state index in [1.54, 1.807) is 18.6 Å². The number of benzene rings is 1. The van der Waals surface area contributed by atoms with Crippen LogP contribution in [0.2, 0.25) is 5.02 Å². The molecule has 3 aromatic heterocycles. The number of hydrogen-bond acceptors (Lipinski definition) is 4. The molecule has 0 radical (unpaired) electrons. The summed E-state index contributed by atoms with van der Waals surface area (Å²) in [5.41, 5.74) is 4.12. The third-order valence-electron chi connectivity index (χ3n) is 4.80. The minimum absolute atomic E-state index is 0.138. The fourth-order valence-corrected chi connectivity index (χ4v) is 5.27. The number of aryl methyl sites for hydroxylation is 1. The molecule has 0 spiro atoms. The van der Waals surface area contributed by atoms with Crippen molar-refractivity contribution in [3.05, 3.63) is 71.4 Å². The van der Waals surface area contributed by atoms with E-state index in [0.717, 1.165) is 34.0 Å². The van der Waals surface area contributed by atoms with Gasteiger partial charge in [0.05, 0.1) is 23.5 Å². The van der Waals surface area contributed by atoms with Crippen molar-refractivity contribution in [3.63, 3.8) is 0 Å². The van der Waals surface area contributed by atoms with E-state index in [9.17, 15) is 4.79 Å². The Morgan fingerprint density at radius 2 is 2.10 bits per heavy atom. The number of aromatic nitrogens is 4. The molecule has 1 amide bonds. The van der Waals surface area contributed by atoms with Crippen LogP contribution in [0.4, 0.5) is 5.82 Å². The van der Waals surface area contributed by atoms with Crippen molar-refractivity contribution in [2.75, 3.05) is 5.32 Å². The first kappa shape index (κ1) is 21.2. The molecule has 4 aromatic rings. The lowest BCUT2D eigenvalue weighted by Crippen LogP contribution is -2.16. The van der Waals surface area contributed by atoms with Crippen LogP contribution < -0.4 is 5.32 Å². The fourth-order valence-electron chi connectivity index (χ4n) is 3.32. The predicted molar refractivity (Wildman–Crippen MR) is 132 cm³/mol. The molecule has 9 heteroatoms. The van der Waals surface area contributed by atoms with Gasteiger partial charge < -0.3 is 5.32 Å². The lowest BCUT2D eigenvalue weighted by atomic mass is 9.98. The van der Waals surface area contributed by atoms with Gasteiger partial charge in [0.2, 0.25) is 5.91 Å². The van der Waals surface area contributed by atoms with Crippen LogP contribution in [0.1, 0.15) is 18.2 Å². The van der Waals surface area contributed by atoms with Gasteiger partial charge in [0.25, 0.3) is 0 Å². The normalized spacial score (nSPS) is 11.4. The number of anilines is 1. The van der Waals surface area contributed by atoms with Gasteiger partial charge in [-0.1, -0.05) is 18.5 Å². The van der Waals surface area contributed by atoms with E-state index < -0.39 is 0 Å². The molecule has 1 aromatic carbocycles. The topological polar surface area (TPSA) is 72.7 Å². The van der Waals surface area contributed by atoms with E-state index in [4.69, 9.17) is 11.6 Å². The summed E-state index contributed by atoms with van der Waals surface area (Å²) in [7, 11) is 0. The minimum atomic E-state index is -0.138. The van der Waals surface area contributed by atoms with E-state index in [1.165, 1.54) is 5.56 Å². The largest absolute Gasteiger partial charge is 0.310 e. The molecule has 1 atom stereocenters. The molecule has 0 saturated carbocycles. The summed E-state index contributed by atoms with van der Waals surface area (Å²) in [6.07, 6.45) is 8.65. The standard InChI is InChI=1S/C21H18ClIN5OP/c1-2-13-3-5-24-11-17(13)14-7-15-9-20(25-12-18(15)19(22)8-14)27-21(29)10-16-4-6-26-28(16)30-23/h3-9,11-12,30H,2,10H2,1H3,(H,25,27,29). The average Bonchev–Trinajstić information content (AvgIpc) is 3.20. The van der Waals surface area contributed by atoms with Crippen LogP contribution in [0.25, 0.3) is 21.9 Å². The molecule has 3 heterocycles. The lowest BCUT2D eigenvalue weighted by Gasteiger charge is -2.11. The van der Waals surface area contributed by atoms with E-state index in [1.807, 2.05) is 34.9 Å².